The molecule has 4 aromatic rings. The lowest BCUT2D eigenvalue weighted by Crippen LogP contribution is -2.54. The summed E-state index contributed by atoms with van der Waals surface area (Å²) in [5.74, 6) is -0.582. The van der Waals surface area contributed by atoms with Crippen LogP contribution in [0.25, 0.3) is 16.6 Å². The molecule has 7 heteroatoms. The second kappa shape index (κ2) is 9.13. The molecule has 4 rings (SSSR count). The second-order valence-electron chi connectivity index (χ2n) is 9.28. The third kappa shape index (κ3) is 4.90. The van der Waals surface area contributed by atoms with E-state index in [1.54, 1.807) is 29.1 Å². The van der Waals surface area contributed by atoms with Crippen molar-refractivity contribution in [3.05, 3.63) is 89.4 Å². The molecule has 0 saturated carbocycles. The quantitative estimate of drug-likeness (QED) is 0.318. The molecule has 182 valence electrons. The smallest absolute Gasteiger partial charge is 0.260 e. The van der Waals surface area contributed by atoms with E-state index in [2.05, 4.69) is 10.4 Å². The Morgan fingerprint density at radius 1 is 1.06 bits per heavy atom. The van der Waals surface area contributed by atoms with Gasteiger partial charge in [-0.3, -0.25) is 4.79 Å². The molecule has 0 aliphatic carbocycles. The van der Waals surface area contributed by atoms with Gasteiger partial charge in [-0.1, -0.05) is 30.7 Å². The number of halogens is 2. The van der Waals surface area contributed by atoms with E-state index in [4.69, 9.17) is 4.74 Å². The third-order valence-electron chi connectivity index (χ3n) is 6.07. The Labute approximate surface area is 203 Å². The first-order valence-electron chi connectivity index (χ1n) is 11.5. The Kier molecular flexibility index (Phi) is 6.36. The SMILES string of the molecule is CC[C@@](NC(=O)C(C)(C)F)(Oc1ccc2c(cnn2-c2ccc(F)cc2)c1)c1ccc(C)cc1C. The summed E-state index contributed by atoms with van der Waals surface area (Å²) in [6, 6.07) is 17.4. The van der Waals surface area contributed by atoms with Crippen molar-refractivity contribution < 1.29 is 18.3 Å². The summed E-state index contributed by atoms with van der Waals surface area (Å²) >= 11 is 0. The maximum Gasteiger partial charge on any atom is 0.260 e. The molecule has 0 saturated heterocycles. The number of amides is 1. The molecule has 0 radical (unpaired) electrons. The molecule has 1 amide bonds. The zero-order valence-electron chi connectivity index (χ0n) is 20.5. The fourth-order valence-electron chi connectivity index (χ4n) is 4.16. The molecular weight excluding hydrogens is 448 g/mol. The van der Waals surface area contributed by atoms with Crippen LogP contribution in [0.5, 0.6) is 5.75 Å². The first kappa shape index (κ1) is 24.4. The predicted octanol–water partition coefficient (Wildman–Crippen LogP) is 6.29. The van der Waals surface area contributed by atoms with Gasteiger partial charge in [-0.15, -0.1) is 0 Å². The van der Waals surface area contributed by atoms with Gasteiger partial charge in [0.05, 0.1) is 17.4 Å². The third-order valence-corrected chi connectivity index (χ3v) is 6.07. The molecule has 35 heavy (non-hydrogen) atoms. The number of benzene rings is 3. The van der Waals surface area contributed by atoms with Crippen molar-refractivity contribution in [1.29, 1.82) is 0 Å². The minimum Gasteiger partial charge on any atom is -0.464 e. The molecule has 1 N–H and O–H groups in total. The maximum atomic E-state index is 14.6. The fourth-order valence-corrected chi connectivity index (χ4v) is 4.16. The molecule has 5 nitrogen and oxygen atoms in total. The molecule has 0 aliphatic heterocycles. The summed E-state index contributed by atoms with van der Waals surface area (Å²) in [5, 5.41) is 8.07. The molecule has 1 heterocycles. The van der Waals surface area contributed by atoms with Crippen molar-refractivity contribution in [1.82, 2.24) is 15.1 Å². The van der Waals surface area contributed by atoms with Gasteiger partial charge in [0.25, 0.3) is 5.91 Å². The highest BCUT2D eigenvalue weighted by molar-refractivity contribution is 5.85. The summed E-state index contributed by atoms with van der Waals surface area (Å²) < 4.78 is 36.1. The Bertz CT molecular complexity index is 1370. The molecule has 1 aromatic heterocycles. The summed E-state index contributed by atoms with van der Waals surface area (Å²) in [5.41, 5.74) is 0.932. The van der Waals surface area contributed by atoms with Crippen LogP contribution in [0, 0.1) is 19.7 Å². The van der Waals surface area contributed by atoms with Gasteiger partial charge in [0, 0.05) is 17.4 Å². The zero-order chi connectivity index (χ0) is 25.4. The Hall–Kier alpha value is -3.74. The van der Waals surface area contributed by atoms with Crippen LogP contribution in [0.1, 0.15) is 43.9 Å². The van der Waals surface area contributed by atoms with Crippen molar-refractivity contribution in [2.24, 2.45) is 0 Å². The first-order chi connectivity index (χ1) is 16.5. The van der Waals surface area contributed by atoms with E-state index in [0.29, 0.717) is 12.2 Å². The normalized spacial score (nSPS) is 13.5. The number of nitrogens with zero attached hydrogens (tertiary/aromatic N) is 2. The van der Waals surface area contributed by atoms with E-state index in [1.165, 1.54) is 26.0 Å². The Morgan fingerprint density at radius 2 is 1.77 bits per heavy atom. The molecule has 0 spiro atoms. The zero-order valence-corrected chi connectivity index (χ0v) is 20.5. The lowest BCUT2D eigenvalue weighted by Gasteiger charge is -2.37. The number of fused-ring (bicyclic) bond motifs is 1. The number of carbonyl (C=O) groups is 1. The lowest BCUT2D eigenvalue weighted by molar-refractivity contribution is -0.138. The molecular formula is C28H29F2N3O2. The predicted molar refractivity (Wildman–Crippen MR) is 133 cm³/mol. The van der Waals surface area contributed by atoms with E-state index in [9.17, 15) is 13.6 Å². The van der Waals surface area contributed by atoms with E-state index >= 15 is 0 Å². The number of hydrogen-bond acceptors (Lipinski definition) is 3. The number of aromatic nitrogens is 2. The molecule has 0 unspecified atom stereocenters. The number of hydrogen-bond donors (Lipinski definition) is 1. The number of rotatable bonds is 7. The molecule has 3 aromatic carbocycles. The van der Waals surface area contributed by atoms with Crippen LogP contribution in [0.15, 0.2) is 66.9 Å². The highest BCUT2D eigenvalue weighted by Crippen LogP contribution is 2.34. The van der Waals surface area contributed by atoms with E-state index < -0.39 is 17.3 Å². The van der Waals surface area contributed by atoms with Crippen LogP contribution in [-0.4, -0.2) is 21.4 Å². The summed E-state index contributed by atoms with van der Waals surface area (Å²) in [6.07, 6.45) is 2.06. The van der Waals surface area contributed by atoms with Gasteiger partial charge in [0.15, 0.2) is 5.67 Å². The Morgan fingerprint density at radius 3 is 2.40 bits per heavy atom. The number of aryl methyl sites for hydroxylation is 2. The van der Waals surface area contributed by atoms with Crippen molar-refractivity contribution in [3.63, 3.8) is 0 Å². The summed E-state index contributed by atoms with van der Waals surface area (Å²) in [6.45, 7) is 8.26. The first-order valence-corrected chi connectivity index (χ1v) is 11.5. The van der Waals surface area contributed by atoms with Gasteiger partial charge in [-0.05, 0) is 75.7 Å². The van der Waals surface area contributed by atoms with Crippen LogP contribution in [0.4, 0.5) is 8.78 Å². The van der Waals surface area contributed by atoms with Crippen LogP contribution in [-0.2, 0) is 10.5 Å². The topological polar surface area (TPSA) is 56.1 Å². The van der Waals surface area contributed by atoms with E-state index in [1.807, 2.05) is 51.1 Å². The van der Waals surface area contributed by atoms with Crippen LogP contribution in [0.3, 0.4) is 0 Å². The van der Waals surface area contributed by atoms with Gasteiger partial charge < -0.3 is 10.1 Å². The molecule has 0 bridgehead atoms. The fraction of sp³-hybridized carbons (Fsp3) is 0.286. The van der Waals surface area contributed by atoms with Gasteiger partial charge >= 0.3 is 0 Å². The van der Waals surface area contributed by atoms with Gasteiger partial charge in [-0.25, -0.2) is 13.5 Å². The van der Waals surface area contributed by atoms with E-state index in [0.717, 1.165) is 33.3 Å². The molecule has 0 aliphatic rings. The number of alkyl halides is 1. The Balaban J connectivity index is 1.76. The number of ether oxygens (including phenoxy) is 1. The standard InChI is InChI=1S/C28H29F2N3O2/c1-6-28(32-26(34)27(4,5)30,24-13-7-18(2)15-19(24)3)35-23-12-14-25-20(16-23)17-31-33(25)22-10-8-21(29)9-11-22/h7-17H,6H2,1-5H3,(H,32,34)/t28-/m1/s1. The summed E-state index contributed by atoms with van der Waals surface area (Å²) in [7, 11) is 0. The van der Waals surface area contributed by atoms with Crippen molar-refractivity contribution in [2.75, 3.05) is 0 Å². The minimum atomic E-state index is -2.08. The maximum absolute atomic E-state index is 14.6. The highest BCUT2D eigenvalue weighted by atomic mass is 19.1. The number of nitrogens with one attached hydrogen (secondary N) is 1. The van der Waals surface area contributed by atoms with Crippen molar-refractivity contribution in [2.45, 2.75) is 52.4 Å². The molecule has 1 atom stereocenters. The van der Waals surface area contributed by atoms with Crippen LogP contribution in [0.2, 0.25) is 0 Å². The molecule has 0 fully saturated rings. The monoisotopic (exact) mass is 477 g/mol. The van der Waals surface area contributed by atoms with E-state index in [-0.39, 0.29) is 5.82 Å². The largest absolute Gasteiger partial charge is 0.464 e. The highest BCUT2D eigenvalue weighted by Gasteiger charge is 2.40. The average Bonchev–Trinajstić information content (AvgIpc) is 3.21. The van der Waals surface area contributed by atoms with Crippen molar-refractivity contribution >= 4 is 16.8 Å². The minimum absolute atomic E-state index is 0.318. The van der Waals surface area contributed by atoms with Gasteiger partial charge in [-0.2, -0.15) is 5.10 Å². The van der Waals surface area contributed by atoms with Crippen LogP contribution >= 0.6 is 0 Å². The second-order valence-corrected chi connectivity index (χ2v) is 9.28. The van der Waals surface area contributed by atoms with Crippen molar-refractivity contribution in [3.8, 4) is 11.4 Å². The average molecular weight is 478 g/mol. The lowest BCUT2D eigenvalue weighted by atomic mass is 9.92. The summed E-state index contributed by atoms with van der Waals surface area (Å²) in [4.78, 5) is 12.8. The van der Waals surface area contributed by atoms with Gasteiger partial charge in [0.1, 0.15) is 11.6 Å². The van der Waals surface area contributed by atoms with Crippen LogP contribution < -0.4 is 10.1 Å². The number of carbonyl (C=O) groups excluding carboxylic acids is 1. The van der Waals surface area contributed by atoms with Gasteiger partial charge in [0.2, 0.25) is 5.72 Å².